The van der Waals surface area contributed by atoms with E-state index in [0.717, 1.165) is 0 Å². The number of urea groups is 1. The average Bonchev–Trinajstić information content (AvgIpc) is 2.74. The number of imide groups is 1. The molecule has 0 spiro atoms. The Hall–Kier alpha value is -3.60. The van der Waals surface area contributed by atoms with Gasteiger partial charge in [0.15, 0.2) is 0 Å². The molecule has 0 aromatic heterocycles. The number of sulfonamides is 1. The zero-order valence-electron chi connectivity index (χ0n) is 19.4. The Kier molecular flexibility index (Phi) is 6.87. The first-order chi connectivity index (χ1) is 15.8. The first-order valence-corrected chi connectivity index (χ1v) is 12.4. The maximum Gasteiger partial charge on any atom is 0.328 e. The number of rotatable bonds is 6. The Balaban J connectivity index is 1.92. The first kappa shape index (κ1) is 25.0. The van der Waals surface area contributed by atoms with Crippen molar-refractivity contribution in [3.8, 4) is 5.75 Å². The maximum atomic E-state index is 13.1. The molecule has 1 fully saturated rings. The van der Waals surface area contributed by atoms with E-state index in [9.17, 15) is 27.9 Å². The van der Waals surface area contributed by atoms with Crippen LogP contribution in [0.3, 0.4) is 0 Å². The molecule has 0 aliphatic carbocycles. The summed E-state index contributed by atoms with van der Waals surface area (Å²) in [5, 5.41) is 15.8. The standard InChI is InChI=1S/C23H28N4O6S/c1-5-34(32,33)26-15-8-6-14(7-9-15)24-21(30)17-12-16(13-18(20(17)29)23(2,3)4)27-11-10-19(28)25-22(27)31/h6-9,12-13,26,29H,5,10-11H2,1-4H3,(H,24,30)(H,25,28,31). The monoisotopic (exact) mass is 488 g/mol. The van der Waals surface area contributed by atoms with Crippen LogP contribution >= 0.6 is 0 Å². The highest BCUT2D eigenvalue weighted by molar-refractivity contribution is 7.92. The highest BCUT2D eigenvalue weighted by Gasteiger charge is 2.29. The number of hydrogen-bond acceptors (Lipinski definition) is 6. The summed E-state index contributed by atoms with van der Waals surface area (Å²) in [6.07, 6.45) is 0.118. The molecule has 1 heterocycles. The van der Waals surface area contributed by atoms with E-state index >= 15 is 0 Å². The Bertz CT molecular complexity index is 1230. The fourth-order valence-electron chi connectivity index (χ4n) is 3.40. The molecular formula is C23H28N4O6S. The summed E-state index contributed by atoms with van der Waals surface area (Å²) < 4.78 is 25.8. The number of anilines is 3. The highest BCUT2D eigenvalue weighted by Crippen LogP contribution is 2.38. The number of carbonyl (C=O) groups is 3. The predicted molar refractivity (Wildman–Crippen MR) is 130 cm³/mol. The van der Waals surface area contributed by atoms with Crippen molar-refractivity contribution in [1.29, 1.82) is 0 Å². The van der Waals surface area contributed by atoms with Gasteiger partial charge in [-0.05, 0) is 48.7 Å². The van der Waals surface area contributed by atoms with E-state index in [1.54, 1.807) is 6.07 Å². The van der Waals surface area contributed by atoms with Gasteiger partial charge in [-0.25, -0.2) is 13.2 Å². The van der Waals surface area contributed by atoms with Gasteiger partial charge in [-0.1, -0.05) is 20.8 Å². The molecule has 2 aromatic carbocycles. The molecule has 0 radical (unpaired) electrons. The van der Waals surface area contributed by atoms with Crippen molar-refractivity contribution < 1.29 is 27.9 Å². The van der Waals surface area contributed by atoms with E-state index in [1.165, 1.54) is 42.2 Å². The van der Waals surface area contributed by atoms with Gasteiger partial charge < -0.3 is 10.4 Å². The molecule has 2 aromatic rings. The third-order valence-electron chi connectivity index (χ3n) is 5.31. The van der Waals surface area contributed by atoms with Gasteiger partial charge in [0.05, 0.1) is 11.3 Å². The number of nitrogens with one attached hydrogen (secondary N) is 3. The SMILES string of the molecule is CCS(=O)(=O)Nc1ccc(NC(=O)c2cc(N3CCC(=O)NC3=O)cc(C(C)(C)C)c2O)cc1. The Morgan fingerprint density at radius 1 is 1.12 bits per heavy atom. The number of nitrogens with zero attached hydrogens (tertiary/aromatic N) is 1. The normalized spacial score (nSPS) is 14.5. The average molecular weight is 489 g/mol. The van der Waals surface area contributed by atoms with Gasteiger partial charge >= 0.3 is 6.03 Å². The lowest BCUT2D eigenvalue weighted by Gasteiger charge is -2.29. The number of benzene rings is 2. The maximum absolute atomic E-state index is 13.1. The quantitative estimate of drug-likeness (QED) is 0.492. The molecule has 4 amide bonds. The lowest BCUT2D eigenvalue weighted by Crippen LogP contribution is -2.49. The van der Waals surface area contributed by atoms with Crippen LogP contribution in [0.25, 0.3) is 0 Å². The van der Waals surface area contributed by atoms with Gasteiger partial charge in [-0.15, -0.1) is 0 Å². The minimum Gasteiger partial charge on any atom is -0.507 e. The summed E-state index contributed by atoms with van der Waals surface area (Å²) in [6.45, 7) is 7.26. The van der Waals surface area contributed by atoms with Crippen molar-refractivity contribution >= 4 is 44.9 Å². The Morgan fingerprint density at radius 3 is 2.29 bits per heavy atom. The highest BCUT2D eigenvalue weighted by atomic mass is 32.2. The summed E-state index contributed by atoms with van der Waals surface area (Å²) in [5.74, 6) is -1.27. The largest absolute Gasteiger partial charge is 0.507 e. The molecule has 1 aliphatic heterocycles. The molecule has 34 heavy (non-hydrogen) atoms. The number of phenols is 1. The molecule has 0 bridgehead atoms. The summed E-state index contributed by atoms with van der Waals surface area (Å²) in [7, 11) is -3.43. The van der Waals surface area contributed by atoms with Crippen LogP contribution in [0.2, 0.25) is 0 Å². The molecule has 1 saturated heterocycles. The predicted octanol–water partition coefficient (Wildman–Crippen LogP) is 3.15. The molecular weight excluding hydrogens is 460 g/mol. The Labute approximate surface area is 198 Å². The van der Waals surface area contributed by atoms with Crippen molar-refractivity contribution in [3.05, 3.63) is 47.5 Å². The second-order valence-electron chi connectivity index (χ2n) is 8.93. The number of hydrogen-bond donors (Lipinski definition) is 4. The van der Waals surface area contributed by atoms with Crippen LogP contribution in [0.5, 0.6) is 5.75 Å². The fourth-order valence-corrected chi connectivity index (χ4v) is 4.04. The second-order valence-corrected chi connectivity index (χ2v) is 10.9. The van der Waals surface area contributed by atoms with E-state index < -0.39 is 27.4 Å². The number of phenolic OH excluding ortho intramolecular Hbond substituents is 1. The van der Waals surface area contributed by atoms with Crippen molar-refractivity contribution in [3.63, 3.8) is 0 Å². The van der Waals surface area contributed by atoms with E-state index in [-0.39, 0.29) is 35.9 Å². The Morgan fingerprint density at radius 2 is 1.74 bits per heavy atom. The first-order valence-electron chi connectivity index (χ1n) is 10.7. The molecule has 0 atom stereocenters. The summed E-state index contributed by atoms with van der Waals surface area (Å²) in [6, 6.07) is 8.51. The third-order valence-corrected chi connectivity index (χ3v) is 6.62. The van der Waals surface area contributed by atoms with Gasteiger partial charge in [0.25, 0.3) is 5.91 Å². The van der Waals surface area contributed by atoms with Crippen LogP contribution < -0.4 is 20.3 Å². The minimum atomic E-state index is -3.43. The number of amides is 4. The van der Waals surface area contributed by atoms with Crippen LogP contribution in [-0.2, 0) is 20.2 Å². The van der Waals surface area contributed by atoms with Crippen LogP contribution in [0.1, 0.15) is 50.0 Å². The van der Waals surface area contributed by atoms with Crippen LogP contribution in [-0.4, -0.2) is 43.7 Å². The van der Waals surface area contributed by atoms with Gasteiger partial charge in [-0.3, -0.25) is 24.5 Å². The lowest BCUT2D eigenvalue weighted by atomic mass is 9.84. The van der Waals surface area contributed by atoms with Gasteiger partial charge in [0, 0.05) is 35.6 Å². The lowest BCUT2D eigenvalue weighted by molar-refractivity contribution is -0.120. The molecule has 11 heteroatoms. The topological polar surface area (TPSA) is 145 Å². The second kappa shape index (κ2) is 9.34. The van der Waals surface area contributed by atoms with E-state index in [1.807, 2.05) is 20.8 Å². The van der Waals surface area contributed by atoms with Gasteiger partial charge in [0.2, 0.25) is 15.9 Å². The van der Waals surface area contributed by atoms with Crippen LogP contribution in [0.15, 0.2) is 36.4 Å². The molecule has 1 aliphatic rings. The van der Waals surface area contributed by atoms with Crippen molar-refractivity contribution in [2.75, 3.05) is 27.2 Å². The number of aromatic hydroxyl groups is 1. The smallest absolute Gasteiger partial charge is 0.328 e. The summed E-state index contributed by atoms with van der Waals surface area (Å²) >= 11 is 0. The number of carbonyl (C=O) groups excluding carboxylic acids is 3. The van der Waals surface area contributed by atoms with E-state index in [2.05, 4.69) is 15.4 Å². The summed E-state index contributed by atoms with van der Waals surface area (Å²) in [5.41, 5.74) is 0.988. The van der Waals surface area contributed by atoms with Crippen molar-refractivity contribution in [1.82, 2.24) is 5.32 Å². The molecule has 4 N–H and O–H groups in total. The molecule has 0 unspecified atom stereocenters. The third kappa shape index (κ3) is 5.66. The van der Waals surface area contributed by atoms with Gasteiger partial charge in [-0.2, -0.15) is 0 Å². The van der Waals surface area contributed by atoms with Gasteiger partial charge in [0.1, 0.15) is 5.75 Å². The van der Waals surface area contributed by atoms with Crippen molar-refractivity contribution in [2.45, 2.75) is 39.5 Å². The van der Waals surface area contributed by atoms with E-state index in [0.29, 0.717) is 22.6 Å². The summed E-state index contributed by atoms with van der Waals surface area (Å²) in [4.78, 5) is 38.3. The van der Waals surface area contributed by atoms with Crippen molar-refractivity contribution in [2.24, 2.45) is 0 Å². The minimum absolute atomic E-state index is 0.0390. The molecule has 10 nitrogen and oxygen atoms in total. The van der Waals surface area contributed by atoms with E-state index in [4.69, 9.17) is 0 Å². The zero-order valence-corrected chi connectivity index (χ0v) is 20.2. The fraction of sp³-hybridized carbons (Fsp3) is 0.348. The molecule has 3 rings (SSSR count). The zero-order chi connectivity index (χ0) is 25.3. The molecule has 182 valence electrons. The van der Waals surface area contributed by atoms with Crippen LogP contribution in [0, 0.1) is 0 Å². The molecule has 0 saturated carbocycles. The van der Waals surface area contributed by atoms with Crippen LogP contribution in [0.4, 0.5) is 21.9 Å².